The SMILES string of the molecule is C#Cc1ccc(Sc2ccccc2)cc1. The van der Waals surface area contributed by atoms with Crippen molar-refractivity contribution in [1.82, 2.24) is 0 Å². The fourth-order valence-electron chi connectivity index (χ4n) is 1.24. The molecule has 1 heteroatoms. The van der Waals surface area contributed by atoms with E-state index in [0.29, 0.717) is 0 Å². The first-order chi connectivity index (χ1) is 7.38. The van der Waals surface area contributed by atoms with Crippen molar-refractivity contribution < 1.29 is 0 Å². The summed E-state index contributed by atoms with van der Waals surface area (Å²) in [4.78, 5) is 2.45. The summed E-state index contributed by atoms with van der Waals surface area (Å²) >= 11 is 1.74. The predicted octanol–water partition coefficient (Wildman–Crippen LogP) is 3.82. The third-order valence-corrected chi connectivity index (χ3v) is 3.02. The zero-order valence-corrected chi connectivity index (χ0v) is 9.00. The smallest absolute Gasteiger partial charge is 0.0243 e. The molecule has 0 aromatic heterocycles. The topological polar surface area (TPSA) is 0 Å². The van der Waals surface area contributed by atoms with Crippen LogP contribution in [0.1, 0.15) is 5.56 Å². The molecule has 15 heavy (non-hydrogen) atoms. The normalized spacial score (nSPS) is 9.53. The molecule has 72 valence electrons. The fraction of sp³-hybridized carbons (Fsp3) is 0. The lowest BCUT2D eigenvalue weighted by Gasteiger charge is -2.00. The van der Waals surface area contributed by atoms with E-state index in [-0.39, 0.29) is 0 Å². The quantitative estimate of drug-likeness (QED) is 0.679. The molecule has 0 aliphatic rings. The summed E-state index contributed by atoms with van der Waals surface area (Å²) < 4.78 is 0. The maximum Gasteiger partial charge on any atom is 0.0243 e. The Hall–Kier alpha value is -1.65. The molecule has 0 unspecified atom stereocenters. The third kappa shape index (κ3) is 2.65. The minimum Gasteiger partial charge on any atom is -0.115 e. The van der Waals surface area contributed by atoms with E-state index in [1.807, 2.05) is 42.5 Å². The summed E-state index contributed by atoms with van der Waals surface area (Å²) in [6.45, 7) is 0. The van der Waals surface area contributed by atoms with Gasteiger partial charge in [-0.05, 0) is 36.4 Å². The van der Waals surface area contributed by atoms with Crippen molar-refractivity contribution in [2.45, 2.75) is 9.79 Å². The van der Waals surface area contributed by atoms with Gasteiger partial charge in [0.25, 0.3) is 0 Å². The summed E-state index contributed by atoms with van der Waals surface area (Å²) in [7, 11) is 0. The Morgan fingerprint density at radius 3 is 2.00 bits per heavy atom. The second-order valence-electron chi connectivity index (χ2n) is 3.08. The average molecular weight is 210 g/mol. The molecule has 0 amide bonds. The number of benzene rings is 2. The molecule has 0 saturated carbocycles. The summed E-state index contributed by atoms with van der Waals surface area (Å²) in [5, 5.41) is 0. The molecular formula is C14H10S. The highest BCUT2D eigenvalue weighted by Gasteiger charge is 1.95. The maximum absolute atomic E-state index is 5.30. The average Bonchev–Trinajstić information content (AvgIpc) is 2.31. The summed E-state index contributed by atoms with van der Waals surface area (Å²) in [6.07, 6.45) is 5.30. The lowest BCUT2D eigenvalue weighted by Crippen LogP contribution is -1.75. The Morgan fingerprint density at radius 1 is 0.800 bits per heavy atom. The van der Waals surface area contributed by atoms with E-state index in [1.54, 1.807) is 11.8 Å². The molecule has 0 saturated heterocycles. The van der Waals surface area contributed by atoms with Gasteiger partial charge < -0.3 is 0 Å². The van der Waals surface area contributed by atoms with Crippen molar-refractivity contribution in [2.24, 2.45) is 0 Å². The molecule has 0 bridgehead atoms. The molecule has 0 atom stereocenters. The molecule has 0 nitrogen and oxygen atoms in total. The van der Waals surface area contributed by atoms with Crippen LogP contribution in [0.5, 0.6) is 0 Å². The molecule has 0 fully saturated rings. The van der Waals surface area contributed by atoms with Crippen molar-refractivity contribution in [2.75, 3.05) is 0 Å². The van der Waals surface area contributed by atoms with Gasteiger partial charge in [0.05, 0.1) is 0 Å². The van der Waals surface area contributed by atoms with Crippen LogP contribution in [0.4, 0.5) is 0 Å². The van der Waals surface area contributed by atoms with Crippen molar-refractivity contribution in [3.8, 4) is 12.3 Å². The van der Waals surface area contributed by atoms with Crippen LogP contribution in [0.25, 0.3) is 0 Å². The van der Waals surface area contributed by atoms with E-state index in [9.17, 15) is 0 Å². The summed E-state index contributed by atoms with van der Waals surface area (Å²) in [5.41, 5.74) is 0.924. The lowest BCUT2D eigenvalue weighted by atomic mass is 10.2. The van der Waals surface area contributed by atoms with Crippen molar-refractivity contribution >= 4 is 11.8 Å². The van der Waals surface area contributed by atoms with Crippen LogP contribution in [-0.2, 0) is 0 Å². The van der Waals surface area contributed by atoms with Crippen LogP contribution in [0, 0.1) is 12.3 Å². The van der Waals surface area contributed by atoms with Crippen molar-refractivity contribution in [1.29, 1.82) is 0 Å². The van der Waals surface area contributed by atoms with Crippen LogP contribution in [0.15, 0.2) is 64.4 Å². The van der Waals surface area contributed by atoms with Gasteiger partial charge in [0.1, 0.15) is 0 Å². The second-order valence-corrected chi connectivity index (χ2v) is 4.23. The molecule has 0 radical (unpaired) electrons. The first kappa shape index (κ1) is 9.89. The number of terminal acetylenes is 1. The minimum atomic E-state index is 0.924. The van der Waals surface area contributed by atoms with E-state index >= 15 is 0 Å². The Kier molecular flexibility index (Phi) is 3.11. The van der Waals surface area contributed by atoms with Crippen LogP contribution in [0.3, 0.4) is 0 Å². The van der Waals surface area contributed by atoms with Gasteiger partial charge in [0.15, 0.2) is 0 Å². The highest BCUT2D eigenvalue weighted by molar-refractivity contribution is 7.99. The molecule has 2 aromatic rings. The molecule has 0 spiro atoms. The maximum atomic E-state index is 5.30. The Morgan fingerprint density at radius 2 is 1.40 bits per heavy atom. The van der Waals surface area contributed by atoms with Gasteiger partial charge in [0, 0.05) is 15.4 Å². The van der Waals surface area contributed by atoms with Gasteiger partial charge in [-0.3, -0.25) is 0 Å². The highest BCUT2D eigenvalue weighted by atomic mass is 32.2. The summed E-state index contributed by atoms with van der Waals surface area (Å²) in [6, 6.07) is 18.3. The lowest BCUT2D eigenvalue weighted by molar-refractivity contribution is 1.40. The van der Waals surface area contributed by atoms with Gasteiger partial charge in [-0.25, -0.2) is 0 Å². The Balaban J connectivity index is 2.16. The number of hydrogen-bond acceptors (Lipinski definition) is 1. The molecular weight excluding hydrogens is 200 g/mol. The standard InChI is InChI=1S/C14H10S/c1-2-12-8-10-14(11-9-12)15-13-6-4-3-5-7-13/h1,3-11H. The van der Waals surface area contributed by atoms with Crippen molar-refractivity contribution in [3.05, 3.63) is 60.2 Å². The Bertz CT molecular complexity index is 463. The molecule has 0 N–H and O–H groups in total. The highest BCUT2D eigenvalue weighted by Crippen LogP contribution is 2.27. The van der Waals surface area contributed by atoms with Gasteiger partial charge in [-0.15, -0.1) is 6.42 Å². The van der Waals surface area contributed by atoms with Crippen LogP contribution >= 0.6 is 11.8 Å². The first-order valence-corrected chi connectivity index (χ1v) is 5.50. The van der Waals surface area contributed by atoms with Gasteiger partial charge in [-0.1, -0.05) is 35.9 Å². The number of rotatable bonds is 2. The van der Waals surface area contributed by atoms with E-state index in [1.165, 1.54) is 9.79 Å². The van der Waals surface area contributed by atoms with Crippen LogP contribution in [0.2, 0.25) is 0 Å². The third-order valence-electron chi connectivity index (χ3n) is 2.00. The van der Waals surface area contributed by atoms with E-state index in [2.05, 4.69) is 18.1 Å². The van der Waals surface area contributed by atoms with Crippen molar-refractivity contribution in [3.63, 3.8) is 0 Å². The van der Waals surface area contributed by atoms with E-state index in [0.717, 1.165) is 5.56 Å². The van der Waals surface area contributed by atoms with Gasteiger partial charge >= 0.3 is 0 Å². The Labute approximate surface area is 94.3 Å². The van der Waals surface area contributed by atoms with Crippen LogP contribution in [-0.4, -0.2) is 0 Å². The molecule has 0 aliphatic heterocycles. The zero-order valence-electron chi connectivity index (χ0n) is 8.18. The second kappa shape index (κ2) is 4.72. The van der Waals surface area contributed by atoms with Crippen LogP contribution < -0.4 is 0 Å². The van der Waals surface area contributed by atoms with E-state index < -0.39 is 0 Å². The minimum absolute atomic E-state index is 0.924. The molecule has 0 aliphatic carbocycles. The van der Waals surface area contributed by atoms with Gasteiger partial charge in [0.2, 0.25) is 0 Å². The molecule has 0 heterocycles. The summed E-state index contributed by atoms with van der Waals surface area (Å²) in [5.74, 6) is 2.61. The van der Waals surface area contributed by atoms with Gasteiger partial charge in [-0.2, -0.15) is 0 Å². The zero-order chi connectivity index (χ0) is 10.5. The number of hydrogen-bond donors (Lipinski definition) is 0. The molecule has 2 aromatic carbocycles. The molecule has 2 rings (SSSR count). The fourth-order valence-corrected chi connectivity index (χ4v) is 2.08. The van der Waals surface area contributed by atoms with E-state index in [4.69, 9.17) is 6.42 Å². The first-order valence-electron chi connectivity index (χ1n) is 4.68. The monoisotopic (exact) mass is 210 g/mol. The predicted molar refractivity (Wildman–Crippen MR) is 64.9 cm³/mol. The largest absolute Gasteiger partial charge is 0.115 e.